The predicted molar refractivity (Wildman–Crippen MR) is 142 cm³/mol. The number of hydrogen-bond donors (Lipinski definition) is 1. The van der Waals surface area contributed by atoms with Crippen molar-refractivity contribution >= 4 is 44.8 Å². The second kappa shape index (κ2) is 11.0. The zero-order valence-electron chi connectivity index (χ0n) is 19.5. The lowest BCUT2D eigenvalue weighted by Gasteiger charge is -2.27. The molecule has 0 aliphatic heterocycles. The van der Waals surface area contributed by atoms with Gasteiger partial charge in [-0.2, -0.15) is 0 Å². The van der Waals surface area contributed by atoms with Crippen molar-refractivity contribution in [2.45, 2.75) is 50.0 Å². The van der Waals surface area contributed by atoms with E-state index >= 15 is 0 Å². The normalized spacial score (nSPS) is 14.1. The maximum absolute atomic E-state index is 13.6. The Labute approximate surface area is 217 Å². The van der Waals surface area contributed by atoms with E-state index in [1.165, 1.54) is 36.1 Å². The lowest BCUT2D eigenvalue weighted by molar-refractivity contribution is -0.120. The summed E-state index contributed by atoms with van der Waals surface area (Å²) in [6, 6.07) is 18.8. The Kier molecular flexibility index (Phi) is 8.05. The molecule has 3 aromatic rings. The summed E-state index contributed by atoms with van der Waals surface area (Å²) in [6.45, 7) is 1.56. The SMILES string of the molecule is CC[C@@H](NC(=O)CN(c1cccc(Cl)c1Cl)S(=O)(=O)c1ccccc1)c1ccc2c(c1)CCCC2. The average molecular weight is 532 g/mol. The van der Waals surface area contributed by atoms with E-state index in [0.717, 1.165) is 22.7 Å². The van der Waals surface area contributed by atoms with Crippen LogP contribution >= 0.6 is 23.2 Å². The maximum atomic E-state index is 13.6. The van der Waals surface area contributed by atoms with Crippen LogP contribution < -0.4 is 9.62 Å². The second-order valence-electron chi connectivity index (χ2n) is 8.66. The third-order valence-corrected chi connectivity index (χ3v) is 8.92. The van der Waals surface area contributed by atoms with Crippen LogP contribution in [0.3, 0.4) is 0 Å². The first-order chi connectivity index (χ1) is 16.8. The number of rotatable bonds is 8. The zero-order valence-corrected chi connectivity index (χ0v) is 21.8. The lowest BCUT2D eigenvalue weighted by atomic mass is 9.89. The van der Waals surface area contributed by atoms with Gasteiger partial charge in [-0.3, -0.25) is 9.10 Å². The molecule has 1 atom stereocenters. The number of amides is 1. The smallest absolute Gasteiger partial charge is 0.264 e. The Morgan fingerprint density at radius 2 is 1.69 bits per heavy atom. The highest BCUT2D eigenvalue weighted by Crippen LogP contribution is 2.35. The minimum absolute atomic E-state index is 0.0607. The van der Waals surface area contributed by atoms with Crippen LogP contribution in [0.25, 0.3) is 0 Å². The van der Waals surface area contributed by atoms with Gasteiger partial charge in [-0.15, -0.1) is 0 Å². The second-order valence-corrected chi connectivity index (χ2v) is 11.3. The van der Waals surface area contributed by atoms with Crippen LogP contribution in [0, 0.1) is 0 Å². The molecule has 1 N–H and O–H groups in total. The highest BCUT2D eigenvalue weighted by Gasteiger charge is 2.30. The number of fused-ring (bicyclic) bond motifs is 1. The number of aryl methyl sites for hydroxylation is 2. The van der Waals surface area contributed by atoms with Crippen molar-refractivity contribution in [3.8, 4) is 0 Å². The summed E-state index contributed by atoms with van der Waals surface area (Å²) >= 11 is 12.6. The minimum Gasteiger partial charge on any atom is -0.348 e. The molecule has 0 spiro atoms. The van der Waals surface area contributed by atoms with E-state index in [1.54, 1.807) is 36.4 Å². The Morgan fingerprint density at radius 1 is 0.971 bits per heavy atom. The topological polar surface area (TPSA) is 66.5 Å². The number of nitrogens with zero attached hydrogens (tertiary/aromatic N) is 1. The molecular weight excluding hydrogens is 503 g/mol. The van der Waals surface area contributed by atoms with Gasteiger partial charge in [0.2, 0.25) is 5.91 Å². The van der Waals surface area contributed by atoms with Crippen LogP contribution in [0.5, 0.6) is 0 Å². The van der Waals surface area contributed by atoms with Crippen molar-refractivity contribution in [2.24, 2.45) is 0 Å². The zero-order chi connectivity index (χ0) is 25.0. The molecule has 5 nitrogen and oxygen atoms in total. The van der Waals surface area contributed by atoms with E-state index in [-0.39, 0.29) is 26.7 Å². The first-order valence-corrected chi connectivity index (χ1v) is 13.9. The number of sulfonamides is 1. The van der Waals surface area contributed by atoms with Crippen LogP contribution in [0.1, 0.15) is 48.9 Å². The molecule has 0 saturated carbocycles. The molecule has 0 fully saturated rings. The fourth-order valence-electron chi connectivity index (χ4n) is 4.47. The van der Waals surface area contributed by atoms with Crippen LogP contribution in [0.4, 0.5) is 5.69 Å². The standard InChI is InChI=1S/C27H28Cl2N2O3S/c1-2-24(21-16-15-19-9-6-7-10-20(19)17-21)30-26(32)18-31(25-14-8-13-23(28)27(25)29)35(33,34)22-11-4-3-5-12-22/h3-5,8,11-17,24H,2,6-7,9-10,18H2,1H3,(H,30,32)/t24-/m1/s1. The molecule has 0 heterocycles. The summed E-state index contributed by atoms with van der Waals surface area (Å²) < 4.78 is 28.1. The van der Waals surface area contributed by atoms with Gasteiger partial charge >= 0.3 is 0 Å². The van der Waals surface area contributed by atoms with Gasteiger partial charge in [0.25, 0.3) is 10.0 Å². The summed E-state index contributed by atoms with van der Waals surface area (Å²) in [5.74, 6) is -0.426. The quantitative estimate of drug-likeness (QED) is 0.369. The van der Waals surface area contributed by atoms with Crippen molar-refractivity contribution < 1.29 is 13.2 Å². The number of nitrogens with one attached hydrogen (secondary N) is 1. The van der Waals surface area contributed by atoms with E-state index in [9.17, 15) is 13.2 Å². The largest absolute Gasteiger partial charge is 0.348 e. The fraction of sp³-hybridized carbons (Fsp3) is 0.296. The molecule has 1 amide bonds. The molecule has 0 radical (unpaired) electrons. The number of benzene rings is 3. The highest BCUT2D eigenvalue weighted by molar-refractivity contribution is 7.92. The van der Waals surface area contributed by atoms with Crippen LogP contribution in [0.2, 0.25) is 10.0 Å². The monoisotopic (exact) mass is 530 g/mol. The van der Waals surface area contributed by atoms with E-state index in [4.69, 9.17) is 23.2 Å². The third-order valence-electron chi connectivity index (χ3n) is 6.34. The maximum Gasteiger partial charge on any atom is 0.264 e. The highest BCUT2D eigenvalue weighted by atomic mass is 35.5. The molecule has 0 aromatic heterocycles. The van der Waals surface area contributed by atoms with Gasteiger partial charge in [-0.1, -0.05) is 72.6 Å². The van der Waals surface area contributed by atoms with Gasteiger partial charge in [-0.25, -0.2) is 8.42 Å². The Bertz CT molecular complexity index is 1310. The summed E-state index contributed by atoms with van der Waals surface area (Å²) in [6.07, 6.45) is 5.19. The third kappa shape index (κ3) is 5.66. The Balaban J connectivity index is 1.62. The summed E-state index contributed by atoms with van der Waals surface area (Å²) in [4.78, 5) is 13.3. The van der Waals surface area contributed by atoms with E-state index in [0.29, 0.717) is 6.42 Å². The van der Waals surface area contributed by atoms with Gasteiger partial charge in [0.05, 0.1) is 26.7 Å². The molecule has 4 rings (SSSR count). The van der Waals surface area contributed by atoms with Crippen molar-refractivity contribution in [2.75, 3.05) is 10.8 Å². The lowest BCUT2D eigenvalue weighted by Crippen LogP contribution is -2.42. The predicted octanol–water partition coefficient (Wildman–Crippen LogP) is 6.34. The van der Waals surface area contributed by atoms with Gasteiger partial charge in [0.15, 0.2) is 0 Å². The van der Waals surface area contributed by atoms with E-state index < -0.39 is 22.5 Å². The Hall–Kier alpha value is -2.54. The number of anilines is 1. The van der Waals surface area contributed by atoms with E-state index in [2.05, 4.69) is 23.5 Å². The molecule has 1 aliphatic rings. The molecule has 0 saturated heterocycles. The molecular formula is C27H28Cl2N2O3S. The number of hydrogen-bond acceptors (Lipinski definition) is 3. The minimum atomic E-state index is -4.08. The molecule has 184 valence electrons. The molecule has 3 aromatic carbocycles. The molecule has 1 aliphatic carbocycles. The average Bonchev–Trinajstić information content (AvgIpc) is 2.88. The van der Waals surface area contributed by atoms with Gasteiger partial charge in [-0.05, 0) is 73.1 Å². The van der Waals surface area contributed by atoms with Gasteiger partial charge < -0.3 is 5.32 Å². The molecule has 35 heavy (non-hydrogen) atoms. The van der Waals surface area contributed by atoms with Gasteiger partial charge in [0.1, 0.15) is 6.54 Å². The molecule has 8 heteroatoms. The number of carbonyl (C=O) groups excluding carboxylic acids is 1. The molecule has 0 bridgehead atoms. The number of halogens is 2. The molecule has 0 unspecified atom stereocenters. The first kappa shape index (κ1) is 25.5. The van der Waals surface area contributed by atoms with Crippen LogP contribution in [0.15, 0.2) is 71.6 Å². The van der Waals surface area contributed by atoms with Crippen LogP contribution in [-0.2, 0) is 27.7 Å². The number of carbonyl (C=O) groups is 1. The summed E-state index contributed by atoms with van der Waals surface area (Å²) in [7, 11) is -4.08. The van der Waals surface area contributed by atoms with E-state index in [1.807, 2.05) is 6.92 Å². The van der Waals surface area contributed by atoms with Crippen molar-refractivity contribution in [1.29, 1.82) is 0 Å². The van der Waals surface area contributed by atoms with Crippen molar-refractivity contribution in [3.63, 3.8) is 0 Å². The Morgan fingerprint density at radius 3 is 2.40 bits per heavy atom. The summed E-state index contributed by atoms with van der Waals surface area (Å²) in [5, 5.41) is 3.31. The summed E-state index contributed by atoms with van der Waals surface area (Å²) in [5.41, 5.74) is 3.89. The van der Waals surface area contributed by atoms with Crippen molar-refractivity contribution in [3.05, 3.63) is 93.5 Å². The first-order valence-electron chi connectivity index (χ1n) is 11.7. The van der Waals surface area contributed by atoms with Crippen LogP contribution in [-0.4, -0.2) is 20.9 Å². The van der Waals surface area contributed by atoms with Crippen molar-refractivity contribution in [1.82, 2.24) is 5.32 Å². The van der Waals surface area contributed by atoms with Gasteiger partial charge in [0, 0.05) is 0 Å². The fourth-order valence-corrected chi connectivity index (χ4v) is 6.37.